The van der Waals surface area contributed by atoms with E-state index in [4.69, 9.17) is 0 Å². The van der Waals surface area contributed by atoms with Gasteiger partial charge in [-0.25, -0.2) is 0 Å². The Kier molecular flexibility index (Phi) is 5.08. The second kappa shape index (κ2) is 7.29. The first-order valence-corrected chi connectivity index (χ1v) is 6.35. The van der Waals surface area contributed by atoms with Gasteiger partial charge >= 0.3 is 0 Å². The summed E-state index contributed by atoms with van der Waals surface area (Å²) in [5.74, 6) is 0. The van der Waals surface area contributed by atoms with E-state index >= 15 is 0 Å². The first-order chi connectivity index (χ1) is 9.38. The van der Waals surface area contributed by atoms with Gasteiger partial charge in [0.15, 0.2) is 0 Å². The smallest absolute Gasteiger partial charge is 0.150 e. The number of aldehydes is 1. The van der Waals surface area contributed by atoms with Crippen LogP contribution in [0.1, 0.15) is 21.5 Å². The van der Waals surface area contributed by atoms with Crippen LogP contribution in [0.4, 0.5) is 0 Å². The van der Waals surface area contributed by atoms with Gasteiger partial charge in [0.25, 0.3) is 0 Å². The number of rotatable bonds is 6. The Morgan fingerprint density at radius 1 is 0.895 bits per heavy atom. The summed E-state index contributed by atoms with van der Waals surface area (Å²) in [5, 5.41) is 3.35. The fraction of sp³-hybridized carbons (Fsp3) is 0.118. The minimum Gasteiger partial charge on any atom is -0.309 e. The summed E-state index contributed by atoms with van der Waals surface area (Å²) in [7, 11) is 0. The van der Waals surface area contributed by atoms with E-state index < -0.39 is 0 Å². The lowest BCUT2D eigenvalue weighted by atomic mass is 10.1. The largest absolute Gasteiger partial charge is 0.309 e. The van der Waals surface area contributed by atoms with Crippen LogP contribution in [0.3, 0.4) is 0 Å². The highest BCUT2D eigenvalue weighted by molar-refractivity contribution is 5.75. The highest BCUT2D eigenvalue weighted by Gasteiger charge is 1.90. The average molecular weight is 251 g/mol. The molecular formula is C17H17NO. The molecule has 2 aromatic carbocycles. The van der Waals surface area contributed by atoms with Crippen molar-refractivity contribution in [3.05, 3.63) is 77.4 Å². The van der Waals surface area contributed by atoms with Gasteiger partial charge in [-0.3, -0.25) is 4.79 Å². The maximum atomic E-state index is 10.5. The molecular weight excluding hydrogens is 234 g/mol. The molecule has 19 heavy (non-hydrogen) atoms. The molecule has 0 spiro atoms. The number of hydrogen-bond acceptors (Lipinski definition) is 2. The van der Waals surface area contributed by atoms with Crippen LogP contribution in [-0.2, 0) is 6.54 Å². The zero-order chi connectivity index (χ0) is 13.3. The van der Waals surface area contributed by atoms with Crippen LogP contribution in [0.5, 0.6) is 0 Å². The number of carbonyl (C=O) groups excluding carboxylic acids is 1. The monoisotopic (exact) mass is 251 g/mol. The molecule has 0 aliphatic carbocycles. The van der Waals surface area contributed by atoms with Gasteiger partial charge in [-0.1, -0.05) is 66.7 Å². The summed E-state index contributed by atoms with van der Waals surface area (Å²) >= 11 is 0. The highest BCUT2D eigenvalue weighted by Crippen LogP contribution is 2.04. The van der Waals surface area contributed by atoms with Gasteiger partial charge in [0.1, 0.15) is 6.29 Å². The predicted molar refractivity (Wildman–Crippen MR) is 79.0 cm³/mol. The molecule has 2 nitrogen and oxygen atoms in total. The molecule has 0 atom stereocenters. The highest BCUT2D eigenvalue weighted by atomic mass is 16.1. The minimum atomic E-state index is 0.708. The lowest BCUT2D eigenvalue weighted by molar-refractivity contribution is 0.112. The summed E-state index contributed by atoms with van der Waals surface area (Å²) in [6.07, 6.45) is 4.99. The van der Waals surface area contributed by atoms with E-state index in [0.29, 0.717) is 5.56 Å². The molecule has 0 fully saturated rings. The van der Waals surface area contributed by atoms with E-state index in [9.17, 15) is 4.79 Å². The van der Waals surface area contributed by atoms with Crippen molar-refractivity contribution >= 4 is 12.4 Å². The first kappa shape index (κ1) is 13.2. The van der Waals surface area contributed by atoms with Gasteiger partial charge in [0.2, 0.25) is 0 Å². The Hall–Kier alpha value is -2.19. The van der Waals surface area contributed by atoms with Crippen LogP contribution in [0.15, 0.2) is 60.7 Å². The van der Waals surface area contributed by atoms with Gasteiger partial charge in [-0.2, -0.15) is 0 Å². The molecule has 1 N–H and O–H groups in total. The van der Waals surface area contributed by atoms with Gasteiger partial charge in [-0.15, -0.1) is 0 Å². The zero-order valence-corrected chi connectivity index (χ0v) is 10.8. The lowest BCUT2D eigenvalue weighted by Crippen LogP contribution is -2.12. The Balaban J connectivity index is 1.75. The van der Waals surface area contributed by atoms with Crippen LogP contribution >= 0.6 is 0 Å². The lowest BCUT2D eigenvalue weighted by Gasteiger charge is -2.01. The molecule has 0 bridgehead atoms. The molecule has 0 aliphatic heterocycles. The fourth-order valence-corrected chi connectivity index (χ4v) is 1.78. The van der Waals surface area contributed by atoms with Crippen LogP contribution in [0.25, 0.3) is 6.08 Å². The normalized spacial score (nSPS) is 10.7. The van der Waals surface area contributed by atoms with Gasteiger partial charge in [0, 0.05) is 18.7 Å². The molecule has 2 heteroatoms. The number of carbonyl (C=O) groups is 1. The summed E-state index contributed by atoms with van der Waals surface area (Å²) in [5.41, 5.74) is 3.10. The third kappa shape index (κ3) is 4.53. The summed E-state index contributed by atoms with van der Waals surface area (Å²) in [6, 6.07) is 17.8. The third-order valence-electron chi connectivity index (χ3n) is 2.82. The van der Waals surface area contributed by atoms with E-state index in [0.717, 1.165) is 24.9 Å². The van der Waals surface area contributed by atoms with Crippen molar-refractivity contribution in [2.24, 2.45) is 0 Å². The first-order valence-electron chi connectivity index (χ1n) is 6.35. The topological polar surface area (TPSA) is 29.1 Å². The second-order valence-corrected chi connectivity index (χ2v) is 4.30. The molecule has 96 valence electrons. The molecule has 0 amide bonds. The van der Waals surface area contributed by atoms with E-state index in [1.54, 1.807) is 0 Å². The van der Waals surface area contributed by atoms with E-state index in [1.165, 1.54) is 5.56 Å². The van der Waals surface area contributed by atoms with Crippen LogP contribution < -0.4 is 5.32 Å². The van der Waals surface area contributed by atoms with Crippen molar-refractivity contribution < 1.29 is 4.79 Å². The molecule has 0 aliphatic rings. The molecule has 2 rings (SSSR count). The van der Waals surface area contributed by atoms with E-state index in [1.807, 2.05) is 48.5 Å². The van der Waals surface area contributed by atoms with Gasteiger partial charge in [-0.05, 0) is 11.1 Å². The molecule has 0 saturated heterocycles. The van der Waals surface area contributed by atoms with Crippen molar-refractivity contribution in [1.82, 2.24) is 5.32 Å². The average Bonchev–Trinajstić information content (AvgIpc) is 2.49. The van der Waals surface area contributed by atoms with Gasteiger partial charge in [0.05, 0.1) is 0 Å². The molecule has 0 aromatic heterocycles. The maximum Gasteiger partial charge on any atom is 0.150 e. The molecule has 0 saturated carbocycles. The standard InChI is InChI=1S/C17H17NO/c19-14-17-10-8-15(9-11-17)7-4-12-18-13-16-5-2-1-3-6-16/h1-11,14,18H,12-13H2/b7-4+. The Labute approximate surface area is 113 Å². The minimum absolute atomic E-state index is 0.708. The number of benzene rings is 2. The van der Waals surface area contributed by atoms with Crippen molar-refractivity contribution in [1.29, 1.82) is 0 Å². The number of hydrogen-bond donors (Lipinski definition) is 1. The number of nitrogens with one attached hydrogen (secondary N) is 1. The fourth-order valence-electron chi connectivity index (χ4n) is 1.78. The van der Waals surface area contributed by atoms with Crippen LogP contribution in [0.2, 0.25) is 0 Å². The zero-order valence-electron chi connectivity index (χ0n) is 10.8. The van der Waals surface area contributed by atoms with Crippen molar-refractivity contribution in [3.8, 4) is 0 Å². The predicted octanol–water partition coefficient (Wildman–Crippen LogP) is 3.30. The Morgan fingerprint density at radius 3 is 2.26 bits per heavy atom. The van der Waals surface area contributed by atoms with Crippen LogP contribution in [0, 0.1) is 0 Å². The maximum absolute atomic E-state index is 10.5. The summed E-state index contributed by atoms with van der Waals surface area (Å²) in [4.78, 5) is 10.5. The molecule has 0 heterocycles. The Morgan fingerprint density at radius 2 is 1.58 bits per heavy atom. The molecule has 2 aromatic rings. The quantitative estimate of drug-likeness (QED) is 0.630. The SMILES string of the molecule is O=Cc1ccc(/C=C/CNCc2ccccc2)cc1. The molecule has 0 radical (unpaired) electrons. The Bertz CT molecular complexity index is 529. The van der Waals surface area contributed by atoms with E-state index in [-0.39, 0.29) is 0 Å². The van der Waals surface area contributed by atoms with Gasteiger partial charge < -0.3 is 5.32 Å². The van der Waals surface area contributed by atoms with Crippen molar-refractivity contribution in [2.75, 3.05) is 6.54 Å². The summed E-state index contributed by atoms with van der Waals surface area (Å²) < 4.78 is 0. The van der Waals surface area contributed by atoms with Crippen molar-refractivity contribution in [2.45, 2.75) is 6.54 Å². The van der Waals surface area contributed by atoms with Crippen molar-refractivity contribution in [3.63, 3.8) is 0 Å². The van der Waals surface area contributed by atoms with E-state index in [2.05, 4.69) is 23.5 Å². The summed E-state index contributed by atoms with van der Waals surface area (Å²) in [6.45, 7) is 1.69. The third-order valence-corrected chi connectivity index (χ3v) is 2.82. The second-order valence-electron chi connectivity index (χ2n) is 4.30. The molecule has 0 unspecified atom stereocenters. The van der Waals surface area contributed by atoms with Crippen LogP contribution in [-0.4, -0.2) is 12.8 Å².